The van der Waals surface area contributed by atoms with Gasteiger partial charge in [-0.2, -0.15) is 0 Å². The van der Waals surface area contributed by atoms with Gasteiger partial charge in [0.1, 0.15) is 6.04 Å². The molecule has 2 rings (SSSR count). The fourth-order valence-corrected chi connectivity index (χ4v) is 2.36. The molecule has 1 atom stereocenters. The molecule has 1 aromatic rings. The van der Waals surface area contributed by atoms with Gasteiger partial charge in [-0.15, -0.1) is 0 Å². The van der Waals surface area contributed by atoms with Crippen molar-refractivity contribution in [1.82, 2.24) is 10.2 Å². The smallest absolute Gasteiger partial charge is 0.249 e. The first-order valence-electron chi connectivity index (χ1n) is 7.23. The quantitative estimate of drug-likeness (QED) is 0.914. The first-order valence-corrected chi connectivity index (χ1v) is 7.23. The highest BCUT2D eigenvalue weighted by atomic mass is 16.2. The summed E-state index contributed by atoms with van der Waals surface area (Å²) in [6.07, 6.45) is 2.09. The second-order valence-electron chi connectivity index (χ2n) is 5.54. The van der Waals surface area contributed by atoms with Crippen LogP contribution in [0.2, 0.25) is 0 Å². The lowest BCUT2D eigenvalue weighted by Crippen LogP contribution is -2.43. The van der Waals surface area contributed by atoms with Crippen LogP contribution < -0.4 is 5.32 Å². The Hall–Kier alpha value is -1.84. The van der Waals surface area contributed by atoms with Gasteiger partial charge in [-0.1, -0.05) is 44.2 Å². The Morgan fingerprint density at radius 3 is 2.25 bits per heavy atom. The van der Waals surface area contributed by atoms with E-state index in [4.69, 9.17) is 0 Å². The van der Waals surface area contributed by atoms with Crippen molar-refractivity contribution in [2.45, 2.75) is 32.7 Å². The van der Waals surface area contributed by atoms with Gasteiger partial charge in [-0.3, -0.25) is 9.59 Å². The second-order valence-corrected chi connectivity index (χ2v) is 5.54. The molecule has 1 N–H and O–H groups in total. The predicted octanol–water partition coefficient (Wildman–Crippen LogP) is 2.12. The third-order valence-electron chi connectivity index (χ3n) is 3.61. The van der Waals surface area contributed by atoms with Gasteiger partial charge in [0, 0.05) is 19.0 Å². The summed E-state index contributed by atoms with van der Waals surface area (Å²) in [7, 11) is 0. The van der Waals surface area contributed by atoms with E-state index in [2.05, 4.69) is 5.32 Å². The highest BCUT2D eigenvalue weighted by Gasteiger charge is 2.29. The third-order valence-corrected chi connectivity index (χ3v) is 3.61. The maximum atomic E-state index is 12.6. The van der Waals surface area contributed by atoms with Gasteiger partial charge < -0.3 is 10.2 Å². The summed E-state index contributed by atoms with van der Waals surface area (Å²) in [5, 5.41) is 2.88. The topological polar surface area (TPSA) is 49.4 Å². The van der Waals surface area contributed by atoms with Gasteiger partial charge in [0.15, 0.2) is 0 Å². The molecule has 1 aliphatic rings. The Morgan fingerprint density at radius 2 is 1.70 bits per heavy atom. The van der Waals surface area contributed by atoms with E-state index in [0.717, 1.165) is 31.5 Å². The van der Waals surface area contributed by atoms with Crippen LogP contribution in [-0.4, -0.2) is 29.8 Å². The highest BCUT2D eigenvalue weighted by Crippen LogP contribution is 2.19. The minimum atomic E-state index is -0.566. The van der Waals surface area contributed by atoms with Crippen molar-refractivity contribution < 1.29 is 9.59 Å². The Labute approximate surface area is 120 Å². The van der Waals surface area contributed by atoms with Crippen LogP contribution in [-0.2, 0) is 9.59 Å². The predicted molar refractivity (Wildman–Crippen MR) is 78.0 cm³/mol. The van der Waals surface area contributed by atoms with Crippen LogP contribution >= 0.6 is 0 Å². The zero-order valence-corrected chi connectivity index (χ0v) is 12.1. The molecule has 0 saturated carbocycles. The van der Waals surface area contributed by atoms with E-state index < -0.39 is 6.04 Å². The monoisotopic (exact) mass is 274 g/mol. The minimum Gasteiger partial charge on any atom is -0.341 e. The lowest BCUT2D eigenvalue weighted by molar-refractivity contribution is -0.136. The molecule has 0 radical (unpaired) electrons. The van der Waals surface area contributed by atoms with E-state index in [-0.39, 0.29) is 17.7 Å². The molecule has 0 aromatic heterocycles. The molecule has 20 heavy (non-hydrogen) atoms. The first kappa shape index (κ1) is 14.6. The summed E-state index contributed by atoms with van der Waals surface area (Å²) in [4.78, 5) is 26.4. The van der Waals surface area contributed by atoms with E-state index in [1.54, 1.807) is 0 Å². The lowest BCUT2D eigenvalue weighted by atomic mass is 10.0. The van der Waals surface area contributed by atoms with Crippen molar-refractivity contribution in [3.8, 4) is 0 Å². The van der Waals surface area contributed by atoms with Crippen molar-refractivity contribution in [2.75, 3.05) is 13.1 Å². The Kier molecular flexibility index (Phi) is 4.77. The van der Waals surface area contributed by atoms with Gasteiger partial charge >= 0.3 is 0 Å². The number of carbonyl (C=O) groups is 2. The highest BCUT2D eigenvalue weighted by molar-refractivity contribution is 5.89. The van der Waals surface area contributed by atoms with Crippen LogP contribution in [0.5, 0.6) is 0 Å². The maximum Gasteiger partial charge on any atom is 0.249 e. The number of carbonyl (C=O) groups excluding carboxylic acids is 2. The van der Waals surface area contributed by atoms with Gasteiger partial charge in [-0.05, 0) is 18.4 Å². The van der Waals surface area contributed by atoms with Crippen molar-refractivity contribution in [2.24, 2.45) is 5.92 Å². The normalized spacial score (nSPS) is 16.2. The number of likely N-dealkylation sites (tertiary alicyclic amines) is 1. The molecule has 0 aliphatic carbocycles. The molecule has 2 amide bonds. The Bertz CT molecular complexity index is 465. The molecule has 1 fully saturated rings. The molecule has 1 heterocycles. The molecule has 0 bridgehead atoms. The van der Waals surface area contributed by atoms with Crippen LogP contribution in [0.1, 0.15) is 38.3 Å². The number of amides is 2. The summed E-state index contributed by atoms with van der Waals surface area (Å²) in [6.45, 7) is 5.24. The van der Waals surface area contributed by atoms with Gasteiger partial charge in [0.2, 0.25) is 11.8 Å². The molecular formula is C16H22N2O2. The fourth-order valence-electron chi connectivity index (χ4n) is 2.36. The van der Waals surface area contributed by atoms with E-state index in [1.807, 2.05) is 49.1 Å². The van der Waals surface area contributed by atoms with E-state index in [9.17, 15) is 9.59 Å². The lowest BCUT2D eigenvalue weighted by Gasteiger charge is -2.25. The van der Waals surface area contributed by atoms with Gasteiger partial charge in [-0.25, -0.2) is 0 Å². The summed E-state index contributed by atoms with van der Waals surface area (Å²) in [5.41, 5.74) is 0.846. The summed E-state index contributed by atoms with van der Waals surface area (Å²) in [5.74, 6) is -0.221. The van der Waals surface area contributed by atoms with Crippen molar-refractivity contribution in [1.29, 1.82) is 0 Å². The molecule has 1 aromatic carbocycles. The summed E-state index contributed by atoms with van der Waals surface area (Å²) in [6, 6.07) is 8.90. The zero-order chi connectivity index (χ0) is 14.5. The molecule has 0 unspecified atom stereocenters. The second kappa shape index (κ2) is 6.55. The van der Waals surface area contributed by atoms with Crippen LogP contribution in [0, 0.1) is 5.92 Å². The van der Waals surface area contributed by atoms with Crippen molar-refractivity contribution in [3.63, 3.8) is 0 Å². The molecule has 1 aliphatic heterocycles. The van der Waals surface area contributed by atoms with Gasteiger partial charge in [0.25, 0.3) is 0 Å². The SMILES string of the molecule is CC(C)C(=O)N[C@@H](C(=O)N1CCCC1)c1ccccc1. The number of benzene rings is 1. The molecule has 108 valence electrons. The average Bonchev–Trinajstić information content (AvgIpc) is 2.98. The number of nitrogens with zero attached hydrogens (tertiary/aromatic N) is 1. The minimum absolute atomic E-state index is 0.00250. The van der Waals surface area contributed by atoms with Crippen molar-refractivity contribution >= 4 is 11.8 Å². The molecular weight excluding hydrogens is 252 g/mol. The largest absolute Gasteiger partial charge is 0.341 e. The van der Waals surface area contributed by atoms with Crippen LogP contribution in [0.4, 0.5) is 0 Å². The Balaban J connectivity index is 2.19. The van der Waals surface area contributed by atoms with E-state index >= 15 is 0 Å². The van der Waals surface area contributed by atoms with E-state index in [0.29, 0.717) is 0 Å². The number of hydrogen-bond acceptors (Lipinski definition) is 2. The van der Waals surface area contributed by atoms with Crippen LogP contribution in [0.25, 0.3) is 0 Å². The third kappa shape index (κ3) is 3.38. The fraction of sp³-hybridized carbons (Fsp3) is 0.500. The number of hydrogen-bond donors (Lipinski definition) is 1. The number of nitrogens with one attached hydrogen (secondary N) is 1. The van der Waals surface area contributed by atoms with Crippen LogP contribution in [0.15, 0.2) is 30.3 Å². The van der Waals surface area contributed by atoms with E-state index in [1.165, 1.54) is 0 Å². The first-order chi connectivity index (χ1) is 9.59. The zero-order valence-electron chi connectivity index (χ0n) is 12.1. The number of rotatable bonds is 4. The van der Waals surface area contributed by atoms with Gasteiger partial charge in [0.05, 0.1) is 0 Å². The molecule has 1 saturated heterocycles. The summed E-state index contributed by atoms with van der Waals surface area (Å²) >= 11 is 0. The molecule has 4 nitrogen and oxygen atoms in total. The standard InChI is InChI=1S/C16H22N2O2/c1-12(2)15(19)17-14(13-8-4-3-5-9-13)16(20)18-10-6-7-11-18/h3-5,8-9,12,14H,6-7,10-11H2,1-2H3,(H,17,19)/t14-/m1/s1. The molecule has 4 heteroatoms. The molecule has 0 spiro atoms. The van der Waals surface area contributed by atoms with Crippen molar-refractivity contribution in [3.05, 3.63) is 35.9 Å². The average molecular weight is 274 g/mol. The van der Waals surface area contributed by atoms with Crippen LogP contribution in [0.3, 0.4) is 0 Å². The Morgan fingerprint density at radius 1 is 1.10 bits per heavy atom. The maximum absolute atomic E-state index is 12.6. The summed E-state index contributed by atoms with van der Waals surface area (Å²) < 4.78 is 0.